The number of nitrogens with zero attached hydrogens (tertiary/aromatic N) is 2. The van der Waals surface area contributed by atoms with E-state index in [0.29, 0.717) is 6.54 Å². The van der Waals surface area contributed by atoms with E-state index in [4.69, 9.17) is 0 Å². The van der Waals surface area contributed by atoms with Gasteiger partial charge in [-0.2, -0.15) is 0 Å². The summed E-state index contributed by atoms with van der Waals surface area (Å²) >= 11 is 0. The van der Waals surface area contributed by atoms with Gasteiger partial charge in [0.2, 0.25) is 5.91 Å². The molecule has 0 saturated carbocycles. The van der Waals surface area contributed by atoms with Crippen LogP contribution in [-0.4, -0.2) is 30.9 Å². The Labute approximate surface area is 156 Å². The van der Waals surface area contributed by atoms with Crippen molar-refractivity contribution in [2.24, 2.45) is 4.99 Å². The minimum Gasteiger partial charge on any atom is -0.352 e. The molecule has 26 heavy (non-hydrogen) atoms. The predicted octanol–water partition coefficient (Wildman–Crippen LogP) is 3.41. The Hall–Kier alpha value is -2.82. The summed E-state index contributed by atoms with van der Waals surface area (Å²) in [5, 5.41) is 6.18. The van der Waals surface area contributed by atoms with E-state index in [2.05, 4.69) is 51.7 Å². The lowest BCUT2D eigenvalue weighted by Gasteiger charge is -2.22. The molecule has 0 bridgehead atoms. The first-order valence-electron chi connectivity index (χ1n) is 8.88. The van der Waals surface area contributed by atoms with Crippen molar-refractivity contribution in [3.8, 4) is 0 Å². The van der Waals surface area contributed by atoms with Gasteiger partial charge in [0.1, 0.15) is 0 Å². The van der Waals surface area contributed by atoms with Gasteiger partial charge in [-0.1, -0.05) is 43.3 Å². The van der Waals surface area contributed by atoms with Gasteiger partial charge in [0.15, 0.2) is 5.96 Å². The second-order valence-electron chi connectivity index (χ2n) is 6.31. The summed E-state index contributed by atoms with van der Waals surface area (Å²) in [6.45, 7) is 5.09. The van der Waals surface area contributed by atoms with Crippen molar-refractivity contribution >= 4 is 17.6 Å². The zero-order valence-corrected chi connectivity index (χ0v) is 16.0. The first kappa shape index (κ1) is 19.5. The van der Waals surface area contributed by atoms with Gasteiger partial charge in [-0.3, -0.25) is 9.79 Å². The molecule has 0 spiro atoms. The van der Waals surface area contributed by atoms with E-state index in [1.54, 1.807) is 7.05 Å². The van der Waals surface area contributed by atoms with Crippen molar-refractivity contribution in [3.05, 3.63) is 65.2 Å². The molecular formula is C21H28N4O. The standard InChI is InChI=1S/C21H28N4O/c1-5-17-9-11-18(12-10-17)15-25(4)21(22-3)23-14-19-7-6-8-20(13-19)24-16(2)26/h6-13H,5,14-15H2,1-4H3,(H,22,23)(H,24,26). The highest BCUT2D eigenvalue weighted by atomic mass is 16.1. The number of aryl methyl sites for hydroxylation is 1. The number of guanidine groups is 1. The van der Waals surface area contributed by atoms with Crippen LogP contribution in [0.1, 0.15) is 30.5 Å². The zero-order valence-electron chi connectivity index (χ0n) is 16.0. The third-order valence-electron chi connectivity index (χ3n) is 4.12. The topological polar surface area (TPSA) is 56.7 Å². The fourth-order valence-corrected chi connectivity index (χ4v) is 2.76. The number of hydrogen-bond donors (Lipinski definition) is 2. The number of hydrogen-bond acceptors (Lipinski definition) is 2. The van der Waals surface area contributed by atoms with E-state index < -0.39 is 0 Å². The van der Waals surface area contributed by atoms with Crippen LogP contribution in [-0.2, 0) is 24.3 Å². The van der Waals surface area contributed by atoms with Crippen molar-refractivity contribution in [2.45, 2.75) is 33.4 Å². The maximum absolute atomic E-state index is 11.2. The lowest BCUT2D eigenvalue weighted by Crippen LogP contribution is -2.38. The SMILES string of the molecule is CCc1ccc(CN(C)C(=NC)NCc2cccc(NC(C)=O)c2)cc1. The number of rotatable bonds is 6. The molecule has 2 rings (SSSR count). The first-order chi connectivity index (χ1) is 12.5. The Morgan fingerprint density at radius 3 is 2.38 bits per heavy atom. The molecule has 0 atom stereocenters. The lowest BCUT2D eigenvalue weighted by atomic mass is 10.1. The molecule has 1 amide bonds. The molecule has 0 fully saturated rings. The fraction of sp³-hybridized carbons (Fsp3) is 0.333. The minimum atomic E-state index is -0.0697. The molecule has 0 heterocycles. The normalized spacial score (nSPS) is 11.2. The van der Waals surface area contributed by atoms with Crippen LogP contribution in [0, 0.1) is 0 Å². The third kappa shape index (κ3) is 5.92. The molecule has 0 aromatic heterocycles. The van der Waals surface area contributed by atoms with Gasteiger partial charge >= 0.3 is 0 Å². The van der Waals surface area contributed by atoms with E-state index >= 15 is 0 Å². The predicted molar refractivity (Wildman–Crippen MR) is 108 cm³/mol. The molecule has 0 radical (unpaired) electrons. The fourth-order valence-electron chi connectivity index (χ4n) is 2.76. The smallest absolute Gasteiger partial charge is 0.221 e. The molecule has 5 nitrogen and oxygen atoms in total. The Balaban J connectivity index is 1.94. The summed E-state index contributed by atoms with van der Waals surface area (Å²) in [6, 6.07) is 16.5. The Morgan fingerprint density at radius 1 is 1.08 bits per heavy atom. The van der Waals surface area contributed by atoms with Gasteiger partial charge in [0, 0.05) is 39.8 Å². The largest absolute Gasteiger partial charge is 0.352 e. The van der Waals surface area contributed by atoms with Gasteiger partial charge in [-0.25, -0.2) is 0 Å². The lowest BCUT2D eigenvalue weighted by molar-refractivity contribution is -0.114. The van der Waals surface area contributed by atoms with Gasteiger partial charge in [-0.15, -0.1) is 0 Å². The molecule has 0 aliphatic carbocycles. The van der Waals surface area contributed by atoms with E-state index in [-0.39, 0.29) is 5.91 Å². The quantitative estimate of drug-likeness (QED) is 0.619. The molecule has 0 aliphatic rings. The van der Waals surface area contributed by atoms with Crippen molar-refractivity contribution in [1.82, 2.24) is 10.2 Å². The Morgan fingerprint density at radius 2 is 1.77 bits per heavy atom. The van der Waals surface area contributed by atoms with E-state index in [0.717, 1.165) is 30.2 Å². The highest BCUT2D eigenvalue weighted by molar-refractivity contribution is 5.88. The minimum absolute atomic E-state index is 0.0697. The molecule has 5 heteroatoms. The summed E-state index contributed by atoms with van der Waals surface area (Å²) in [5.41, 5.74) is 4.48. The van der Waals surface area contributed by atoms with Crippen LogP contribution in [0.5, 0.6) is 0 Å². The summed E-state index contributed by atoms with van der Waals surface area (Å²) in [4.78, 5) is 17.6. The molecule has 138 valence electrons. The molecule has 2 aromatic rings. The van der Waals surface area contributed by atoms with Gasteiger partial charge in [-0.05, 0) is 35.2 Å². The van der Waals surface area contributed by atoms with Gasteiger partial charge in [0.25, 0.3) is 0 Å². The third-order valence-corrected chi connectivity index (χ3v) is 4.12. The summed E-state index contributed by atoms with van der Waals surface area (Å²) in [7, 11) is 3.81. The Bertz CT molecular complexity index is 753. The first-order valence-corrected chi connectivity index (χ1v) is 8.88. The summed E-state index contributed by atoms with van der Waals surface area (Å²) < 4.78 is 0. The van der Waals surface area contributed by atoms with Crippen LogP contribution in [0.2, 0.25) is 0 Å². The van der Waals surface area contributed by atoms with Gasteiger partial charge in [0.05, 0.1) is 0 Å². The van der Waals surface area contributed by atoms with Gasteiger partial charge < -0.3 is 15.5 Å². The van der Waals surface area contributed by atoms with Crippen LogP contribution in [0.25, 0.3) is 0 Å². The van der Waals surface area contributed by atoms with Crippen LogP contribution in [0.4, 0.5) is 5.69 Å². The second-order valence-corrected chi connectivity index (χ2v) is 6.31. The monoisotopic (exact) mass is 352 g/mol. The average molecular weight is 352 g/mol. The van der Waals surface area contributed by atoms with E-state index in [1.807, 2.05) is 31.3 Å². The van der Waals surface area contributed by atoms with E-state index in [1.165, 1.54) is 18.1 Å². The average Bonchev–Trinajstić information content (AvgIpc) is 2.62. The number of anilines is 1. The van der Waals surface area contributed by atoms with Crippen molar-refractivity contribution in [1.29, 1.82) is 0 Å². The van der Waals surface area contributed by atoms with E-state index in [9.17, 15) is 4.79 Å². The summed E-state index contributed by atoms with van der Waals surface area (Å²) in [5.74, 6) is 0.759. The number of carbonyl (C=O) groups is 1. The zero-order chi connectivity index (χ0) is 18.9. The number of carbonyl (C=O) groups excluding carboxylic acids is 1. The van der Waals surface area contributed by atoms with Crippen molar-refractivity contribution in [2.75, 3.05) is 19.4 Å². The molecule has 0 saturated heterocycles. The van der Waals surface area contributed by atoms with Crippen molar-refractivity contribution in [3.63, 3.8) is 0 Å². The van der Waals surface area contributed by atoms with Crippen LogP contribution in [0.3, 0.4) is 0 Å². The van der Waals surface area contributed by atoms with Crippen LogP contribution in [0.15, 0.2) is 53.5 Å². The number of aliphatic imine (C=N–C) groups is 1. The van der Waals surface area contributed by atoms with Crippen LogP contribution >= 0.6 is 0 Å². The molecule has 0 aliphatic heterocycles. The maximum Gasteiger partial charge on any atom is 0.221 e. The second kappa shape index (κ2) is 9.61. The molecule has 2 aromatic carbocycles. The van der Waals surface area contributed by atoms with Crippen LogP contribution < -0.4 is 10.6 Å². The maximum atomic E-state index is 11.2. The number of nitrogens with one attached hydrogen (secondary N) is 2. The Kier molecular flexibility index (Phi) is 7.21. The molecule has 2 N–H and O–H groups in total. The molecular weight excluding hydrogens is 324 g/mol. The number of amides is 1. The summed E-state index contributed by atoms with van der Waals surface area (Å²) in [6.07, 6.45) is 1.05. The highest BCUT2D eigenvalue weighted by Crippen LogP contribution is 2.11. The highest BCUT2D eigenvalue weighted by Gasteiger charge is 2.07. The van der Waals surface area contributed by atoms with Crippen molar-refractivity contribution < 1.29 is 4.79 Å². The molecule has 0 unspecified atom stereocenters. The number of benzene rings is 2.